The van der Waals surface area contributed by atoms with E-state index in [1.807, 2.05) is 43.8 Å². The molecule has 5 heteroatoms. The van der Waals surface area contributed by atoms with Gasteiger partial charge in [-0.2, -0.15) is 0 Å². The first-order valence-corrected chi connectivity index (χ1v) is 10.5. The number of aromatic nitrogens is 2. The fourth-order valence-corrected chi connectivity index (χ4v) is 4.15. The van der Waals surface area contributed by atoms with Crippen LogP contribution in [-0.4, -0.2) is 27.5 Å². The van der Waals surface area contributed by atoms with Crippen LogP contribution in [0.4, 0.5) is 0 Å². The topological polar surface area (TPSA) is 51.3 Å². The van der Waals surface area contributed by atoms with Crippen LogP contribution in [0.2, 0.25) is 0 Å². The van der Waals surface area contributed by atoms with Gasteiger partial charge in [0.15, 0.2) is 5.43 Å². The van der Waals surface area contributed by atoms with Crippen molar-refractivity contribution in [3.8, 4) is 0 Å². The van der Waals surface area contributed by atoms with Gasteiger partial charge in [0.25, 0.3) is 0 Å². The van der Waals surface area contributed by atoms with Crippen molar-refractivity contribution in [1.82, 2.24) is 14.5 Å². The molecule has 0 amide bonds. The number of allylic oxidation sites excluding steroid dienone is 2. The second kappa shape index (κ2) is 9.23. The maximum absolute atomic E-state index is 13.1. The lowest BCUT2D eigenvalue weighted by molar-refractivity contribution is 0.208. The summed E-state index contributed by atoms with van der Waals surface area (Å²) in [7, 11) is 0. The fourth-order valence-electron chi connectivity index (χ4n) is 4.15. The van der Waals surface area contributed by atoms with Gasteiger partial charge in [-0.3, -0.25) is 9.69 Å². The Hall–Kier alpha value is -2.66. The molecule has 0 aliphatic heterocycles. The van der Waals surface area contributed by atoms with Crippen LogP contribution in [0.25, 0.3) is 11.0 Å². The number of hydrogen-bond acceptors (Lipinski definition) is 4. The van der Waals surface area contributed by atoms with E-state index in [-0.39, 0.29) is 5.43 Å². The highest BCUT2D eigenvalue weighted by Gasteiger charge is 2.17. The number of fused-ring (bicyclic) bond motifs is 1. The summed E-state index contributed by atoms with van der Waals surface area (Å²) in [5.41, 5.74) is 2.58. The molecule has 0 saturated carbocycles. The molecule has 0 spiro atoms. The van der Waals surface area contributed by atoms with Gasteiger partial charge in [-0.05, 0) is 50.7 Å². The van der Waals surface area contributed by atoms with Gasteiger partial charge in [-0.25, -0.2) is 4.98 Å². The zero-order valence-electron chi connectivity index (χ0n) is 17.1. The SMILES string of the molecule is Cc1ccc2occ(CN(CCCn3ccnc3)CC3CC=CCC3)c(=O)c2c1. The van der Waals surface area contributed by atoms with Gasteiger partial charge in [-0.1, -0.05) is 23.8 Å². The second-order valence-electron chi connectivity index (χ2n) is 8.13. The van der Waals surface area contributed by atoms with Crippen molar-refractivity contribution < 1.29 is 4.42 Å². The van der Waals surface area contributed by atoms with Crippen LogP contribution in [0, 0.1) is 12.8 Å². The normalized spacial score (nSPS) is 16.7. The molecule has 1 aromatic carbocycles. The van der Waals surface area contributed by atoms with Gasteiger partial charge in [0.2, 0.25) is 0 Å². The van der Waals surface area contributed by atoms with Crippen molar-refractivity contribution in [2.24, 2.45) is 5.92 Å². The zero-order chi connectivity index (χ0) is 20.1. The number of hydrogen-bond donors (Lipinski definition) is 0. The van der Waals surface area contributed by atoms with Gasteiger partial charge in [0.05, 0.1) is 18.0 Å². The molecule has 0 fully saturated rings. The first-order valence-electron chi connectivity index (χ1n) is 10.5. The molecular weight excluding hydrogens is 362 g/mol. The van der Waals surface area contributed by atoms with Crippen molar-refractivity contribution >= 4 is 11.0 Å². The van der Waals surface area contributed by atoms with E-state index in [9.17, 15) is 4.79 Å². The van der Waals surface area contributed by atoms with Crippen LogP contribution >= 0.6 is 0 Å². The van der Waals surface area contributed by atoms with Crippen molar-refractivity contribution in [2.45, 2.75) is 45.7 Å². The maximum atomic E-state index is 13.1. The number of rotatable bonds is 8. The predicted molar refractivity (Wildman–Crippen MR) is 116 cm³/mol. The van der Waals surface area contributed by atoms with Gasteiger partial charge < -0.3 is 8.98 Å². The number of aryl methyl sites for hydroxylation is 2. The average molecular weight is 392 g/mol. The third-order valence-electron chi connectivity index (χ3n) is 5.74. The molecule has 1 atom stereocenters. The molecule has 0 radical (unpaired) electrons. The van der Waals surface area contributed by atoms with Gasteiger partial charge in [0.1, 0.15) is 5.58 Å². The van der Waals surface area contributed by atoms with Crippen molar-refractivity contribution in [3.05, 3.63) is 76.7 Å². The molecular formula is C24H29N3O2. The van der Waals surface area contributed by atoms with Crippen molar-refractivity contribution in [3.63, 3.8) is 0 Å². The van der Waals surface area contributed by atoms with Crippen LogP contribution < -0.4 is 5.43 Å². The first-order chi connectivity index (χ1) is 14.2. The van der Waals surface area contributed by atoms with E-state index in [0.29, 0.717) is 23.4 Å². The molecule has 1 aliphatic rings. The van der Waals surface area contributed by atoms with E-state index in [0.717, 1.165) is 50.0 Å². The summed E-state index contributed by atoms with van der Waals surface area (Å²) < 4.78 is 7.89. The molecule has 4 rings (SSSR count). The Bertz CT molecular complexity index is 1020. The lowest BCUT2D eigenvalue weighted by atomic mass is 9.93. The molecule has 29 heavy (non-hydrogen) atoms. The van der Waals surface area contributed by atoms with Crippen LogP contribution in [0.15, 0.2) is 64.5 Å². The molecule has 2 aromatic heterocycles. The number of benzene rings is 1. The molecule has 152 valence electrons. The lowest BCUT2D eigenvalue weighted by Crippen LogP contribution is -2.33. The van der Waals surface area contributed by atoms with Gasteiger partial charge in [-0.15, -0.1) is 0 Å². The number of nitrogens with zero attached hydrogens (tertiary/aromatic N) is 3. The molecule has 2 heterocycles. The highest BCUT2D eigenvalue weighted by Crippen LogP contribution is 2.21. The second-order valence-corrected chi connectivity index (χ2v) is 8.13. The van der Waals surface area contributed by atoms with Crippen LogP contribution in [0.5, 0.6) is 0 Å². The Morgan fingerprint density at radius 1 is 1.31 bits per heavy atom. The van der Waals surface area contributed by atoms with Crippen molar-refractivity contribution in [2.75, 3.05) is 13.1 Å². The molecule has 0 N–H and O–H groups in total. The summed E-state index contributed by atoms with van der Waals surface area (Å²) in [5, 5.41) is 0.682. The molecule has 1 aliphatic carbocycles. The summed E-state index contributed by atoms with van der Waals surface area (Å²) >= 11 is 0. The van der Waals surface area contributed by atoms with Crippen LogP contribution in [0.3, 0.4) is 0 Å². The highest BCUT2D eigenvalue weighted by atomic mass is 16.3. The monoisotopic (exact) mass is 391 g/mol. The lowest BCUT2D eigenvalue weighted by Gasteiger charge is -2.28. The van der Waals surface area contributed by atoms with Gasteiger partial charge in [0, 0.05) is 44.1 Å². The third kappa shape index (κ3) is 5.04. The molecule has 3 aromatic rings. The maximum Gasteiger partial charge on any atom is 0.197 e. The van der Waals surface area contributed by atoms with E-state index < -0.39 is 0 Å². The minimum Gasteiger partial charge on any atom is -0.464 e. The standard InChI is InChI=1S/C24H29N3O2/c1-19-8-9-23-22(14-19)24(28)21(17-29-23)16-27(15-20-6-3-2-4-7-20)12-5-11-26-13-10-25-18-26/h2-3,8-10,13-14,17-18,20H,4-7,11-12,15-16H2,1H3. The molecule has 0 saturated heterocycles. The van der Waals surface area contributed by atoms with E-state index in [1.165, 1.54) is 6.42 Å². The largest absolute Gasteiger partial charge is 0.464 e. The van der Waals surface area contributed by atoms with Crippen LogP contribution in [-0.2, 0) is 13.1 Å². The molecule has 5 nitrogen and oxygen atoms in total. The summed E-state index contributed by atoms with van der Waals surface area (Å²) in [4.78, 5) is 19.6. The first kappa shape index (κ1) is 19.6. The number of imidazole rings is 1. The molecule has 0 bridgehead atoms. The minimum atomic E-state index is 0.0955. The molecule has 1 unspecified atom stereocenters. The zero-order valence-corrected chi connectivity index (χ0v) is 17.1. The Morgan fingerprint density at radius 2 is 2.24 bits per heavy atom. The smallest absolute Gasteiger partial charge is 0.197 e. The average Bonchev–Trinajstić information content (AvgIpc) is 3.25. The van der Waals surface area contributed by atoms with E-state index in [1.54, 1.807) is 6.26 Å². The Balaban J connectivity index is 1.50. The fraction of sp³-hybridized carbons (Fsp3) is 0.417. The van der Waals surface area contributed by atoms with E-state index in [4.69, 9.17) is 4.42 Å². The van der Waals surface area contributed by atoms with Crippen LogP contribution in [0.1, 0.15) is 36.8 Å². The summed E-state index contributed by atoms with van der Waals surface area (Å²) in [6.45, 7) is 5.54. The third-order valence-corrected chi connectivity index (χ3v) is 5.74. The minimum absolute atomic E-state index is 0.0955. The highest BCUT2D eigenvalue weighted by molar-refractivity contribution is 5.77. The van der Waals surface area contributed by atoms with E-state index in [2.05, 4.69) is 26.6 Å². The van der Waals surface area contributed by atoms with Crippen molar-refractivity contribution in [1.29, 1.82) is 0 Å². The summed E-state index contributed by atoms with van der Waals surface area (Å²) in [6, 6.07) is 5.79. The summed E-state index contributed by atoms with van der Waals surface area (Å²) in [5.74, 6) is 0.656. The quantitative estimate of drug-likeness (QED) is 0.529. The predicted octanol–water partition coefficient (Wildman–Crippen LogP) is 4.55. The Kier molecular flexibility index (Phi) is 6.25. The summed E-state index contributed by atoms with van der Waals surface area (Å²) in [6.07, 6.45) is 16.4. The Labute approximate surface area is 171 Å². The Morgan fingerprint density at radius 3 is 3.03 bits per heavy atom. The van der Waals surface area contributed by atoms with E-state index >= 15 is 0 Å². The van der Waals surface area contributed by atoms with Gasteiger partial charge >= 0.3 is 0 Å².